The molecule has 4 amide bonds. The van der Waals surface area contributed by atoms with Crippen LogP contribution in [0.2, 0.25) is 0 Å². The Hall–Kier alpha value is -6.50. The van der Waals surface area contributed by atoms with Gasteiger partial charge in [0.2, 0.25) is 17.7 Å². The van der Waals surface area contributed by atoms with Crippen molar-refractivity contribution in [2.45, 2.75) is 32.2 Å². The summed E-state index contributed by atoms with van der Waals surface area (Å²) in [4.78, 5) is 62.1. The van der Waals surface area contributed by atoms with Crippen LogP contribution in [-0.2, 0) is 49.9 Å². The fourth-order valence-corrected chi connectivity index (χ4v) is 7.69. The van der Waals surface area contributed by atoms with Crippen LogP contribution in [0.25, 0.3) is 22.3 Å². The zero-order valence-electron chi connectivity index (χ0n) is 28.4. The third-order valence-electron chi connectivity index (χ3n) is 9.13. The monoisotopic (exact) mass is 745 g/mol. The number of anilines is 4. The van der Waals surface area contributed by atoms with E-state index >= 15 is 4.39 Å². The number of rotatable bonds is 8. The zero-order valence-corrected chi connectivity index (χ0v) is 29.2. The number of carbonyl (C=O) groups excluding carboxylic acids is 4. The molecule has 5 N–H and O–H groups in total. The molecule has 2 aromatic heterocycles. The summed E-state index contributed by atoms with van der Waals surface area (Å²) in [6, 6.07) is 13.6. The average Bonchev–Trinajstić information content (AvgIpc) is 3.66. The van der Waals surface area contributed by atoms with Gasteiger partial charge in [-0.25, -0.2) is 18.2 Å². The number of fused-ring (bicyclic) bond motifs is 1. The highest BCUT2D eigenvalue weighted by Gasteiger charge is 2.38. The van der Waals surface area contributed by atoms with Crippen LogP contribution in [0.15, 0.2) is 59.4 Å². The van der Waals surface area contributed by atoms with E-state index in [-0.39, 0.29) is 47.9 Å². The Morgan fingerprint density at radius 1 is 1.02 bits per heavy atom. The molecule has 2 fully saturated rings. The maximum atomic E-state index is 15.7. The topological polar surface area (TPSA) is 219 Å². The predicted octanol–water partition coefficient (Wildman–Crippen LogP) is 1.98. The number of hydrogen-bond donors (Lipinski definition) is 5. The predicted molar refractivity (Wildman–Crippen MR) is 190 cm³/mol. The van der Waals surface area contributed by atoms with Crippen molar-refractivity contribution in [1.82, 2.24) is 29.0 Å². The minimum absolute atomic E-state index is 0.0187. The molecule has 19 heteroatoms. The van der Waals surface area contributed by atoms with Gasteiger partial charge in [0, 0.05) is 43.5 Å². The van der Waals surface area contributed by atoms with Crippen molar-refractivity contribution in [1.29, 1.82) is 0 Å². The number of phenolic OH excluding ortho intramolecular Hbond substituents is 1. The Morgan fingerprint density at radius 2 is 1.79 bits per heavy atom. The van der Waals surface area contributed by atoms with Crippen LogP contribution in [0.3, 0.4) is 0 Å². The van der Waals surface area contributed by atoms with E-state index in [0.29, 0.717) is 26.6 Å². The van der Waals surface area contributed by atoms with E-state index < -0.39 is 57.8 Å². The van der Waals surface area contributed by atoms with Gasteiger partial charge >= 0.3 is 15.9 Å². The first-order valence-electron chi connectivity index (χ1n) is 16.2. The van der Waals surface area contributed by atoms with Gasteiger partial charge in [0.1, 0.15) is 29.8 Å². The SMILES string of the molecule is Cc1cc(CC(=O)Nc2cc(-c3ccc(O)c(N4CC(=O)NS4(=O)=O)c3F)nn2C)ccc1Nc1ccc2c(c1)n(C)c(=O)n2C1CCC(=O)NC1=O. The number of imide groups is 1. The third kappa shape index (κ3) is 6.34. The number of aromatic nitrogens is 4. The molecule has 0 radical (unpaired) electrons. The van der Waals surface area contributed by atoms with Crippen LogP contribution >= 0.6 is 0 Å². The summed E-state index contributed by atoms with van der Waals surface area (Å²) in [5, 5.41) is 22.9. The number of aromatic hydroxyl groups is 1. The Morgan fingerprint density at radius 3 is 2.49 bits per heavy atom. The van der Waals surface area contributed by atoms with Gasteiger partial charge in [0.15, 0.2) is 5.82 Å². The first-order valence-corrected chi connectivity index (χ1v) is 17.7. The van der Waals surface area contributed by atoms with Gasteiger partial charge in [-0.3, -0.25) is 38.3 Å². The molecular weight excluding hydrogens is 713 g/mol. The fraction of sp³-hybridized carbons (Fsp3) is 0.235. The van der Waals surface area contributed by atoms with Crippen molar-refractivity contribution in [3.05, 3.63) is 82.0 Å². The van der Waals surface area contributed by atoms with Crippen LogP contribution in [0, 0.1) is 12.7 Å². The van der Waals surface area contributed by atoms with Gasteiger partial charge in [0.05, 0.1) is 23.1 Å². The second kappa shape index (κ2) is 12.9. The lowest BCUT2D eigenvalue weighted by Crippen LogP contribution is -2.44. The molecule has 53 heavy (non-hydrogen) atoms. The summed E-state index contributed by atoms with van der Waals surface area (Å²) < 4.78 is 46.6. The first kappa shape index (κ1) is 34.9. The molecule has 7 rings (SSSR count). The molecule has 4 heterocycles. The Kier molecular flexibility index (Phi) is 8.52. The zero-order chi connectivity index (χ0) is 37.9. The van der Waals surface area contributed by atoms with Gasteiger partial charge in [-0.15, -0.1) is 0 Å². The van der Waals surface area contributed by atoms with Crippen LogP contribution in [0.1, 0.15) is 30.0 Å². The number of benzene rings is 3. The molecule has 2 aliphatic heterocycles. The van der Waals surface area contributed by atoms with Crippen LogP contribution < -0.4 is 30.7 Å². The van der Waals surface area contributed by atoms with E-state index in [0.717, 1.165) is 17.3 Å². The number of phenols is 1. The van der Waals surface area contributed by atoms with Crippen molar-refractivity contribution in [3.8, 4) is 17.0 Å². The Labute approximate surface area is 300 Å². The smallest absolute Gasteiger partial charge is 0.329 e. The molecule has 1 atom stereocenters. The molecular formula is C34H32FN9O8S. The van der Waals surface area contributed by atoms with E-state index in [1.54, 1.807) is 36.0 Å². The summed E-state index contributed by atoms with van der Waals surface area (Å²) in [6.45, 7) is 1.15. The van der Waals surface area contributed by atoms with Crippen LogP contribution in [0.4, 0.5) is 27.3 Å². The van der Waals surface area contributed by atoms with Gasteiger partial charge in [0.25, 0.3) is 5.91 Å². The lowest BCUT2D eigenvalue weighted by molar-refractivity contribution is -0.135. The molecule has 0 aliphatic carbocycles. The van der Waals surface area contributed by atoms with E-state index in [4.69, 9.17) is 0 Å². The van der Waals surface area contributed by atoms with Crippen molar-refractivity contribution < 1.29 is 37.1 Å². The number of halogens is 1. The van der Waals surface area contributed by atoms with Gasteiger partial charge in [-0.2, -0.15) is 13.5 Å². The van der Waals surface area contributed by atoms with E-state index in [2.05, 4.69) is 21.0 Å². The number of hydrogen-bond acceptors (Lipinski definition) is 10. The van der Waals surface area contributed by atoms with Crippen LogP contribution in [-0.4, -0.2) is 62.6 Å². The minimum atomic E-state index is -4.40. The van der Waals surface area contributed by atoms with Crippen LogP contribution in [0.5, 0.6) is 5.75 Å². The second-order valence-electron chi connectivity index (χ2n) is 12.8. The second-order valence-corrected chi connectivity index (χ2v) is 14.3. The summed E-state index contributed by atoms with van der Waals surface area (Å²) in [5.74, 6) is -3.76. The van der Waals surface area contributed by atoms with Crippen molar-refractivity contribution >= 4 is 67.8 Å². The number of aryl methyl sites for hydroxylation is 3. The Bertz CT molecular complexity index is 2580. The van der Waals surface area contributed by atoms with Crippen molar-refractivity contribution in [2.24, 2.45) is 14.1 Å². The van der Waals surface area contributed by atoms with Gasteiger partial charge < -0.3 is 15.7 Å². The molecule has 1 unspecified atom stereocenters. The summed E-state index contributed by atoms with van der Waals surface area (Å²) in [6.07, 6.45) is 0.354. The van der Waals surface area contributed by atoms with Crippen molar-refractivity contribution in [3.63, 3.8) is 0 Å². The minimum Gasteiger partial charge on any atom is -0.506 e. The maximum absolute atomic E-state index is 15.7. The van der Waals surface area contributed by atoms with Crippen molar-refractivity contribution in [2.75, 3.05) is 21.5 Å². The number of carbonyl (C=O) groups is 4. The highest BCUT2D eigenvalue weighted by atomic mass is 32.2. The number of imidazole rings is 1. The number of amides is 4. The number of nitrogens with one attached hydrogen (secondary N) is 4. The fourth-order valence-electron chi connectivity index (χ4n) is 6.53. The molecule has 0 saturated carbocycles. The average molecular weight is 746 g/mol. The van der Waals surface area contributed by atoms with E-state index in [9.17, 15) is 37.5 Å². The first-order chi connectivity index (χ1) is 25.1. The van der Waals surface area contributed by atoms with Gasteiger partial charge in [-0.05, 0) is 60.9 Å². The highest BCUT2D eigenvalue weighted by Crippen LogP contribution is 2.39. The molecule has 0 spiro atoms. The molecule has 2 aliphatic rings. The third-order valence-corrected chi connectivity index (χ3v) is 10.5. The molecule has 3 aromatic carbocycles. The largest absolute Gasteiger partial charge is 0.506 e. The molecule has 0 bridgehead atoms. The summed E-state index contributed by atoms with van der Waals surface area (Å²) >= 11 is 0. The lowest BCUT2D eigenvalue weighted by Gasteiger charge is -2.22. The molecule has 274 valence electrons. The summed E-state index contributed by atoms with van der Waals surface area (Å²) in [5.41, 5.74) is 2.87. The standard InChI is InChI=1S/C34H32FN9O8S/c1-17-12-18(4-7-21(17)36-19-5-8-23-25(14-19)41(2)34(50)44(23)24-9-11-28(46)38-33(24)49)13-29(47)37-27-15-22(39-42(27)3)20-6-10-26(45)32(31(20)35)43-16-30(48)40-53(43,51)52/h4-8,10,12,14-15,24,36,45H,9,11,13,16H2,1-3H3,(H,37,47)(H,40,48)(H,38,46,49). The molecule has 5 aromatic rings. The summed E-state index contributed by atoms with van der Waals surface area (Å²) in [7, 11) is -1.27. The molecule has 2 saturated heterocycles. The number of piperidine rings is 1. The Balaban J connectivity index is 1.05. The number of nitrogens with zero attached hydrogens (tertiary/aromatic N) is 5. The molecule has 17 nitrogen and oxygen atoms in total. The maximum Gasteiger partial charge on any atom is 0.329 e. The quantitative estimate of drug-likeness (QED) is 0.146. The normalized spacial score (nSPS) is 16.9. The van der Waals surface area contributed by atoms with E-state index in [1.807, 2.05) is 19.1 Å². The highest BCUT2D eigenvalue weighted by molar-refractivity contribution is 7.92. The lowest BCUT2D eigenvalue weighted by atomic mass is 10.1. The van der Waals surface area contributed by atoms with Gasteiger partial charge in [-0.1, -0.05) is 12.1 Å². The van der Waals surface area contributed by atoms with E-state index in [1.165, 1.54) is 33.0 Å².